The van der Waals surface area contributed by atoms with Crippen molar-refractivity contribution >= 4 is 43.2 Å². The molecule has 1 atom stereocenters. The van der Waals surface area contributed by atoms with Gasteiger partial charge in [0.15, 0.2) is 0 Å². The molecule has 8 nitrogen and oxygen atoms in total. The molecule has 4 rings (SSSR count). The highest BCUT2D eigenvalue weighted by Gasteiger charge is 2.21. The second kappa shape index (κ2) is 8.81. The third kappa shape index (κ3) is 4.51. The molecule has 1 aromatic heterocycles. The first kappa shape index (κ1) is 21.5. The summed E-state index contributed by atoms with van der Waals surface area (Å²) in [6, 6.07) is 11.0. The van der Waals surface area contributed by atoms with Gasteiger partial charge in [0, 0.05) is 19.7 Å². The van der Waals surface area contributed by atoms with Gasteiger partial charge in [-0.15, -0.1) is 0 Å². The van der Waals surface area contributed by atoms with Gasteiger partial charge in [-0.25, -0.2) is 8.42 Å². The molecular formula is C21H23N3O5S2. The van der Waals surface area contributed by atoms with Crippen LogP contribution < -0.4 is 14.9 Å². The average molecular weight is 462 g/mol. The van der Waals surface area contributed by atoms with Gasteiger partial charge in [0.1, 0.15) is 0 Å². The zero-order valence-corrected chi connectivity index (χ0v) is 18.6. The number of rotatable bonds is 7. The Balaban J connectivity index is 1.57. The second-order valence-corrected chi connectivity index (χ2v) is 9.91. The Kier molecular flexibility index (Phi) is 6.12. The van der Waals surface area contributed by atoms with Crippen LogP contribution in [0.5, 0.6) is 0 Å². The van der Waals surface area contributed by atoms with E-state index in [0.717, 1.165) is 24.2 Å². The van der Waals surface area contributed by atoms with Crippen LogP contribution in [-0.2, 0) is 21.3 Å². The number of ether oxygens (including phenoxy) is 1. The summed E-state index contributed by atoms with van der Waals surface area (Å²) < 4.78 is 36.2. The van der Waals surface area contributed by atoms with Gasteiger partial charge in [-0.3, -0.25) is 18.9 Å². The molecule has 1 aliphatic rings. The molecule has 0 spiro atoms. The minimum Gasteiger partial charge on any atom is -0.376 e. The van der Waals surface area contributed by atoms with E-state index in [2.05, 4.69) is 10.0 Å². The quantitative estimate of drug-likeness (QED) is 0.563. The number of fused-ring (bicyclic) bond motifs is 1. The van der Waals surface area contributed by atoms with E-state index in [0.29, 0.717) is 29.9 Å². The lowest BCUT2D eigenvalue weighted by molar-refractivity contribution is 0.0858. The Hall–Kier alpha value is -2.69. The number of thiazole rings is 1. The van der Waals surface area contributed by atoms with E-state index in [-0.39, 0.29) is 33.0 Å². The van der Waals surface area contributed by atoms with Crippen molar-refractivity contribution in [3.8, 4) is 0 Å². The fourth-order valence-corrected chi connectivity index (χ4v) is 5.77. The first-order valence-electron chi connectivity index (χ1n) is 10.0. The predicted molar refractivity (Wildman–Crippen MR) is 120 cm³/mol. The molecule has 1 amide bonds. The Bertz CT molecular complexity index is 1270. The topological polar surface area (TPSA) is 107 Å². The van der Waals surface area contributed by atoms with Crippen molar-refractivity contribution in [1.82, 2.24) is 9.88 Å². The van der Waals surface area contributed by atoms with Crippen molar-refractivity contribution in [2.45, 2.75) is 37.3 Å². The van der Waals surface area contributed by atoms with Gasteiger partial charge in [-0.1, -0.05) is 23.5 Å². The van der Waals surface area contributed by atoms with Gasteiger partial charge in [-0.2, -0.15) is 0 Å². The highest BCUT2D eigenvalue weighted by atomic mass is 32.2. The first-order chi connectivity index (χ1) is 14.9. The molecule has 2 N–H and O–H groups in total. The number of nitrogens with zero attached hydrogens (tertiary/aromatic N) is 1. The van der Waals surface area contributed by atoms with Gasteiger partial charge >= 0.3 is 4.87 Å². The maximum Gasteiger partial charge on any atom is 0.308 e. The largest absolute Gasteiger partial charge is 0.376 e. The number of benzene rings is 2. The van der Waals surface area contributed by atoms with Crippen LogP contribution >= 0.6 is 11.3 Å². The number of carbonyl (C=O) groups excluding carboxylic acids is 1. The van der Waals surface area contributed by atoms with Gasteiger partial charge in [0.25, 0.3) is 15.9 Å². The second-order valence-electron chi connectivity index (χ2n) is 7.24. The summed E-state index contributed by atoms with van der Waals surface area (Å²) in [6.07, 6.45) is 1.85. The van der Waals surface area contributed by atoms with Gasteiger partial charge < -0.3 is 10.1 Å². The van der Waals surface area contributed by atoms with E-state index >= 15 is 0 Å². The number of nitrogens with one attached hydrogen (secondary N) is 2. The van der Waals surface area contributed by atoms with Crippen LogP contribution in [0.4, 0.5) is 5.69 Å². The van der Waals surface area contributed by atoms with Crippen molar-refractivity contribution in [2.75, 3.05) is 17.9 Å². The molecule has 0 unspecified atom stereocenters. The molecule has 0 radical (unpaired) electrons. The minimum atomic E-state index is -3.96. The molecule has 31 heavy (non-hydrogen) atoms. The number of hydrogen-bond acceptors (Lipinski definition) is 6. The standard InChI is InChI=1S/C21H23N3O5S2/c1-2-24-18-10-9-15(12-19(18)30-21(24)26)31(27,28)23-17-8-4-3-7-16(17)20(25)22-13-14-6-5-11-29-14/h3-4,7-10,12,14,23H,2,5-6,11,13H2,1H3,(H,22,25)/t14-/m0/s1. The predicted octanol–water partition coefficient (Wildman–Crippen LogP) is 2.79. The van der Waals surface area contributed by atoms with Crippen LogP contribution in [-0.4, -0.2) is 38.1 Å². The molecule has 3 aromatic rings. The highest BCUT2D eigenvalue weighted by Crippen LogP contribution is 2.25. The SMILES string of the molecule is CCn1c(=O)sc2cc(S(=O)(=O)Nc3ccccc3C(=O)NC[C@@H]3CCCO3)ccc21. The number of para-hydroxylation sites is 1. The summed E-state index contributed by atoms with van der Waals surface area (Å²) in [5.41, 5.74) is 1.11. The highest BCUT2D eigenvalue weighted by molar-refractivity contribution is 7.92. The van der Waals surface area contributed by atoms with Crippen LogP contribution in [0, 0.1) is 0 Å². The van der Waals surface area contributed by atoms with E-state index in [4.69, 9.17) is 4.74 Å². The molecule has 2 aromatic carbocycles. The molecule has 164 valence electrons. The lowest BCUT2D eigenvalue weighted by Gasteiger charge is -2.14. The fourth-order valence-electron chi connectivity index (χ4n) is 3.59. The molecule has 0 bridgehead atoms. The fraction of sp³-hybridized carbons (Fsp3) is 0.333. The third-order valence-electron chi connectivity index (χ3n) is 5.20. The van der Waals surface area contributed by atoms with Crippen molar-refractivity contribution in [3.05, 3.63) is 57.7 Å². The lowest BCUT2D eigenvalue weighted by atomic mass is 10.1. The molecule has 1 saturated heterocycles. The summed E-state index contributed by atoms with van der Waals surface area (Å²) in [7, 11) is -3.96. The summed E-state index contributed by atoms with van der Waals surface area (Å²) in [6.45, 7) is 3.44. The van der Waals surface area contributed by atoms with Gasteiger partial charge in [0.05, 0.1) is 32.5 Å². The Morgan fingerprint density at radius 2 is 2.06 bits per heavy atom. The maximum absolute atomic E-state index is 13.0. The number of sulfonamides is 1. The van der Waals surface area contributed by atoms with Crippen LogP contribution in [0.1, 0.15) is 30.1 Å². The van der Waals surface area contributed by atoms with E-state index < -0.39 is 10.0 Å². The molecule has 2 heterocycles. The monoisotopic (exact) mass is 461 g/mol. The van der Waals surface area contributed by atoms with Crippen LogP contribution in [0.15, 0.2) is 52.2 Å². The number of amides is 1. The van der Waals surface area contributed by atoms with Crippen molar-refractivity contribution in [3.63, 3.8) is 0 Å². The zero-order chi connectivity index (χ0) is 22.0. The Morgan fingerprint density at radius 1 is 1.26 bits per heavy atom. The van der Waals surface area contributed by atoms with E-state index in [9.17, 15) is 18.0 Å². The van der Waals surface area contributed by atoms with E-state index in [1.54, 1.807) is 34.9 Å². The van der Waals surface area contributed by atoms with Crippen LogP contribution in [0.3, 0.4) is 0 Å². The minimum absolute atomic E-state index is 0.0119. The molecule has 0 saturated carbocycles. The number of aromatic nitrogens is 1. The van der Waals surface area contributed by atoms with Gasteiger partial charge in [-0.05, 0) is 50.1 Å². The molecular weight excluding hydrogens is 438 g/mol. The lowest BCUT2D eigenvalue weighted by Crippen LogP contribution is -2.32. The number of carbonyl (C=O) groups is 1. The van der Waals surface area contributed by atoms with Crippen molar-refractivity contribution in [1.29, 1.82) is 0 Å². The Morgan fingerprint density at radius 3 is 2.81 bits per heavy atom. The Labute approximate surface area is 183 Å². The van der Waals surface area contributed by atoms with E-state index in [1.807, 2.05) is 6.92 Å². The maximum atomic E-state index is 13.0. The molecule has 1 aliphatic heterocycles. The van der Waals surface area contributed by atoms with Gasteiger partial charge in [0.2, 0.25) is 0 Å². The summed E-state index contributed by atoms with van der Waals surface area (Å²) in [4.78, 5) is 24.6. The number of hydrogen-bond donors (Lipinski definition) is 2. The normalized spacial score (nSPS) is 16.5. The average Bonchev–Trinajstić information content (AvgIpc) is 3.38. The molecule has 1 fully saturated rings. The van der Waals surface area contributed by atoms with Crippen molar-refractivity contribution in [2.24, 2.45) is 0 Å². The van der Waals surface area contributed by atoms with Crippen molar-refractivity contribution < 1.29 is 17.9 Å². The molecule has 0 aliphatic carbocycles. The summed E-state index contributed by atoms with van der Waals surface area (Å²) in [5.74, 6) is -0.373. The van der Waals surface area contributed by atoms with Crippen LogP contribution in [0.25, 0.3) is 10.2 Å². The smallest absolute Gasteiger partial charge is 0.308 e. The molecule has 10 heteroatoms. The number of aryl methyl sites for hydroxylation is 1. The third-order valence-corrected chi connectivity index (χ3v) is 7.50. The number of anilines is 1. The zero-order valence-electron chi connectivity index (χ0n) is 17.0. The van der Waals surface area contributed by atoms with Crippen LogP contribution in [0.2, 0.25) is 0 Å². The summed E-state index contributed by atoms with van der Waals surface area (Å²) in [5, 5.41) is 2.81. The first-order valence-corrected chi connectivity index (χ1v) is 12.3. The summed E-state index contributed by atoms with van der Waals surface area (Å²) >= 11 is 1.01. The van der Waals surface area contributed by atoms with E-state index in [1.165, 1.54) is 12.1 Å².